The minimum atomic E-state index is -0.491. The molecule has 5 heteroatoms. The number of carbonyl (C=O) groups excluding carboxylic acids is 2. The molecule has 0 aromatic rings. The van der Waals surface area contributed by atoms with Crippen molar-refractivity contribution in [3.8, 4) is 0 Å². The normalized spacial score (nSPS) is 11.1. The smallest absolute Gasteiger partial charge is 0.334 e. The van der Waals surface area contributed by atoms with Gasteiger partial charge in [0.1, 0.15) is 0 Å². The second kappa shape index (κ2) is 10.3. The number of carbonyl (C=O) groups is 2. The summed E-state index contributed by atoms with van der Waals surface area (Å²) in [5.41, 5.74) is 0.381. The summed E-state index contributed by atoms with van der Waals surface area (Å²) in [6.07, 6.45) is 3.54. The summed E-state index contributed by atoms with van der Waals surface area (Å²) in [5.74, 6) is -0.926. The van der Waals surface area contributed by atoms with Crippen molar-refractivity contribution >= 4 is 27.9 Å². The summed E-state index contributed by atoms with van der Waals surface area (Å²) in [4.78, 5) is 22.8. The number of unbranched alkanes of at least 4 members (excludes halogenated alkanes) is 1. The van der Waals surface area contributed by atoms with Crippen LogP contribution in [0.2, 0.25) is 0 Å². The zero-order valence-electron chi connectivity index (χ0n) is 10.3. The maximum atomic E-state index is 11.6. The molecule has 98 valence electrons. The summed E-state index contributed by atoms with van der Waals surface area (Å²) in [5, 5.41) is 0.877. The van der Waals surface area contributed by atoms with Gasteiger partial charge in [-0.05, 0) is 33.1 Å². The van der Waals surface area contributed by atoms with E-state index < -0.39 is 11.9 Å². The van der Waals surface area contributed by atoms with Gasteiger partial charge in [0.05, 0.1) is 13.2 Å². The second-order valence-corrected chi connectivity index (χ2v) is 4.08. The van der Waals surface area contributed by atoms with E-state index in [2.05, 4.69) is 15.9 Å². The Morgan fingerprint density at radius 2 is 1.76 bits per heavy atom. The number of rotatable bonds is 8. The molecule has 0 radical (unpaired) electrons. The van der Waals surface area contributed by atoms with Gasteiger partial charge in [0, 0.05) is 17.0 Å². The maximum absolute atomic E-state index is 11.6. The monoisotopic (exact) mass is 306 g/mol. The maximum Gasteiger partial charge on any atom is 0.334 e. The fraction of sp³-hybridized carbons (Fsp3) is 0.667. The molecule has 0 fully saturated rings. The lowest BCUT2D eigenvalue weighted by Gasteiger charge is -2.06. The van der Waals surface area contributed by atoms with Crippen LogP contribution in [-0.4, -0.2) is 30.5 Å². The minimum absolute atomic E-state index is 0.298. The molecule has 0 unspecified atom stereocenters. The van der Waals surface area contributed by atoms with Gasteiger partial charge in [0.25, 0.3) is 0 Å². The number of ether oxygens (including phenoxy) is 2. The highest BCUT2D eigenvalue weighted by Crippen LogP contribution is 2.11. The predicted octanol–water partition coefficient (Wildman–Crippen LogP) is 2.60. The molecule has 0 aromatic heterocycles. The molecule has 0 N–H and O–H groups in total. The average molecular weight is 307 g/mol. The Bertz CT molecular complexity index is 274. The summed E-state index contributed by atoms with van der Waals surface area (Å²) >= 11 is 3.32. The molecule has 0 heterocycles. The van der Waals surface area contributed by atoms with Gasteiger partial charge in [-0.25, -0.2) is 9.59 Å². The molecule has 0 spiro atoms. The molecular weight excluding hydrogens is 288 g/mol. The zero-order valence-corrected chi connectivity index (χ0v) is 11.9. The lowest BCUT2D eigenvalue weighted by Crippen LogP contribution is -2.11. The molecule has 17 heavy (non-hydrogen) atoms. The van der Waals surface area contributed by atoms with Gasteiger partial charge in [0.2, 0.25) is 0 Å². The third kappa shape index (κ3) is 7.96. The lowest BCUT2D eigenvalue weighted by atomic mass is 10.1. The van der Waals surface area contributed by atoms with Gasteiger partial charge in [0.15, 0.2) is 0 Å². The fourth-order valence-electron chi connectivity index (χ4n) is 1.19. The quantitative estimate of drug-likeness (QED) is 0.299. The van der Waals surface area contributed by atoms with Gasteiger partial charge in [-0.2, -0.15) is 0 Å². The van der Waals surface area contributed by atoms with Gasteiger partial charge in [-0.3, -0.25) is 0 Å². The molecule has 0 aliphatic rings. The van der Waals surface area contributed by atoms with E-state index in [9.17, 15) is 9.59 Å². The Balaban J connectivity index is 4.47. The summed E-state index contributed by atoms with van der Waals surface area (Å²) < 4.78 is 9.66. The van der Waals surface area contributed by atoms with Crippen molar-refractivity contribution in [3.63, 3.8) is 0 Å². The molecule has 0 amide bonds. The van der Waals surface area contributed by atoms with Crippen LogP contribution in [0.4, 0.5) is 0 Å². The standard InChI is InChI=1S/C12H19BrO4/c1-3-16-11(14)9-10(7-5-6-8-13)12(15)17-4-2/h9H,3-8H2,1-2H3/b10-9+. The van der Waals surface area contributed by atoms with Crippen molar-refractivity contribution < 1.29 is 19.1 Å². The summed E-state index contributed by atoms with van der Waals surface area (Å²) in [7, 11) is 0. The average Bonchev–Trinajstić information content (AvgIpc) is 2.28. The van der Waals surface area contributed by atoms with Gasteiger partial charge in [-0.15, -0.1) is 0 Å². The van der Waals surface area contributed by atoms with Crippen molar-refractivity contribution in [1.29, 1.82) is 0 Å². The van der Waals surface area contributed by atoms with E-state index in [4.69, 9.17) is 9.47 Å². The van der Waals surface area contributed by atoms with E-state index in [-0.39, 0.29) is 0 Å². The van der Waals surface area contributed by atoms with Crippen LogP contribution in [0.15, 0.2) is 11.6 Å². The first-order valence-corrected chi connectivity index (χ1v) is 6.88. The summed E-state index contributed by atoms with van der Waals surface area (Å²) in [6, 6.07) is 0. The third-order valence-corrected chi connectivity index (χ3v) is 2.51. The van der Waals surface area contributed by atoms with E-state index in [0.29, 0.717) is 25.2 Å². The summed E-state index contributed by atoms with van der Waals surface area (Å²) in [6.45, 7) is 4.06. The second-order valence-electron chi connectivity index (χ2n) is 3.29. The zero-order chi connectivity index (χ0) is 13.1. The molecule has 0 saturated carbocycles. The van der Waals surface area contributed by atoms with Crippen LogP contribution in [-0.2, 0) is 19.1 Å². The van der Waals surface area contributed by atoms with Crippen molar-refractivity contribution in [2.75, 3.05) is 18.5 Å². The van der Waals surface area contributed by atoms with Crippen molar-refractivity contribution in [3.05, 3.63) is 11.6 Å². The van der Waals surface area contributed by atoms with E-state index in [1.807, 2.05) is 0 Å². The van der Waals surface area contributed by atoms with Crippen molar-refractivity contribution in [1.82, 2.24) is 0 Å². The van der Waals surface area contributed by atoms with Crippen LogP contribution in [0.3, 0.4) is 0 Å². The molecular formula is C12H19BrO4. The number of hydrogen-bond donors (Lipinski definition) is 0. The van der Waals surface area contributed by atoms with Gasteiger partial charge < -0.3 is 9.47 Å². The van der Waals surface area contributed by atoms with Crippen LogP contribution >= 0.6 is 15.9 Å². The first-order valence-electron chi connectivity index (χ1n) is 5.76. The predicted molar refractivity (Wildman–Crippen MR) is 69.0 cm³/mol. The largest absolute Gasteiger partial charge is 0.463 e. The van der Waals surface area contributed by atoms with Gasteiger partial charge >= 0.3 is 11.9 Å². The van der Waals surface area contributed by atoms with Crippen LogP contribution in [0.1, 0.15) is 33.1 Å². The Hall–Kier alpha value is -0.840. The van der Waals surface area contributed by atoms with Crippen molar-refractivity contribution in [2.24, 2.45) is 0 Å². The molecule has 0 aliphatic carbocycles. The third-order valence-electron chi connectivity index (χ3n) is 1.95. The Kier molecular flexibility index (Phi) is 9.81. The number of hydrogen-bond acceptors (Lipinski definition) is 4. The number of alkyl halides is 1. The van der Waals surface area contributed by atoms with Gasteiger partial charge in [-0.1, -0.05) is 15.9 Å². The fourth-order valence-corrected chi connectivity index (χ4v) is 1.59. The number of halogens is 1. The highest BCUT2D eigenvalue weighted by Gasteiger charge is 2.12. The Morgan fingerprint density at radius 1 is 1.12 bits per heavy atom. The molecule has 4 nitrogen and oxygen atoms in total. The van der Waals surface area contributed by atoms with E-state index in [1.165, 1.54) is 6.08 Å². The molecule has 0 atom stereocenters. The molecule has 0 saturated heterocycles. The van der Waals surface area contributed by atoms with E-state index in [0.717, 1.165) is 18.2 Å². The highest BCUT2D eigenvalue weighted by molar-refractivity contribution is 9.09. The SMILES string of the molecule is CCOC(=O)/C=C(\CCCCBr)C(=O)OCC. The Morgan fingerprint density at radius 3 is 2.29 bits per heavy atom. The molecule has 0 bridgehead atoms. The van der Waals surface area contributed by atoms with E-state index in [1.54, 1.807) is 13.8 Å². The van der Waals surface area contributed by atoms with Crippen LogP contribution < -0.4 is 0 Å². The lowest BCUT2D eigenvalue weighted by molar-refractivity contribution is -0.141. The molecule has 0 aliphatic heterocycles. The van der Waals surface area contributed by atoms with Crippen molar-refractivity contribution in [2.45, 2.75) is 33.1 Å². The van der Waals surface area contributed by atoms with Crippen LogP contribution in [0, 0.1) is 0 Å². The number of esters is 2. The Labute approximate surface area is 110 Å². The topological polar surface area (TPSA) is 52.6 Å². The first kappa shape index (κ1) is 16.2. The van der Waals surface area contributed by atoms with Crippen LogP contribution in [0.25, 0.3) is 0 Å². The van der Waals surface area contributed by atoms with E-state index >= 15 is 0 Å². The highest BCUT2D eigenvalue weighted by atomic mass is 79.9. The first-order chi connectivity index (χ1) is 8.15. The van der Waals surface area contributed by atoms with Crippen LogP contribution in [0.5, 0.6) is 0 Å². The molecule has 0 aromatic carbocycles. The minimum Gasteiger partial charge on any atom is -0.463 e. The molecule has 0 rings (SSSR count).